The number of anilines is 1. The third-order valence-electron chi connectivity index (χ3n) is 4.25. The highest BCUT2D eigenvalue weighted by molar-refractivity contribution is 7.13. The second-order valence-corrected chi connectivity index (χ2v) is 6.52. The molecule has 0 unspecified atom stereocenters. The average molecular weight is 280 g/mol. The number of nitrogens with zero attached hydrogens (tertiary/aromatic N) is 3. The van der Waals surface area contributed by atoms with Gasteiger partial charge < -0.3 is 15.1 Å². The fourth-order valence-corrected chi connectivity index (χ4v) is 3.84. The van der Waals surface area contributed by atoms with Crippen molar-refractivity contribution in [3.8, 4) is 0 Å². The first-order valence-corrected chi connectivity index (χ1v) is 8.37. The van der Waals surface area contributed by atoms with Crippen molar-refractivity contribution in [3.63, 3.8) is 0 Å². The lowest BCUT2D eigenvalue weighted by molar-refractivity contribution is 0.216. The molecule has 2 fully saturated rings. The summed E-state index contributed by atoms with van der Waals surface area (Å²) in [4.78, 5) is 9.56. The van der Waals surface area contributed by atoms with Crippen LogP contribution in [-0.2, 0) is 0 Å². The molecular formula is C14H24N4S. The molecule has 0 atom stereocenters. The van der Waals surface area contributed by atoms with Crippen molar-refractivity contribution in [3.05, 3.63) is 11.6 Å². The molecule has 2 aliphatic heterocycles. The van der Waals surface area contributed by atoms with Crippen molar-refractivity contribution in [2.24, 2.45) is 5.92 Å². The Bertz CT molecular complexity index is 362. The highest BCUT2D eigenvalue weighted by atomic mass is 32.1. The van der Waals surface area contributed by atoms with E-state index < -0.39 is 0 Å². The number of nitrogens with one attached hydrogen (secondary N) is 1. The second kappa shape index (κ2) is 6.68. The number of rotatable bonds is 3. The van der Waals surface area contributed by atoms with Crippen LogP contribution in [0.2, 0.25) is 0 Å². The van der Waals surface area contributed by atoms with Gasteiger partial charge in [-0.25, -0.2) is 4.98 Å². The number of piperidine rings is 1. The van der Waals surface area contributed by atoms with E-state index in [2.05, 4.69) is 25.5 Å². The lowest BCUT2D eigenvalue weighted by atomic mass is 9.97. The van der Waals surface area contributed by atoms with Crippen LogP contribution in [0, 0.1) is 5.92 Å². The highest BCUT2D eigenvalue weighted by Gasteiger charge is 2.20. The molecule has 3 rings (SSSR count). The first kappa shape index (κ1) is 13.3. The Hall–Kier alpha value is -0.650. The predicted octanol–water partition coefficient (Wildman–Crippen LogP) is 1.65. The van der Waals surface area contributed by atoms with Gasteiger partial charge in [0.05, 0.1) is 0 Å². The first-order chi connectivity index (χ1) is 9.42. The normalized spacial score (nSPS) is 23.5. The van der Waals surface area contributed by atoms with E-state index in [9.17, 15) is 0 Å². The first-order valence-electron chi connectivity index (χ1n) is 7.49. The molecular weight excluding hydrogens is 256 g/mol. The summed E-state index contributed by atoms with van der Waals surface area (Å²) in [5.74, 6) is 0.910. The molecule has 0 spiro atoms. The predicted molar refractivity (Wildman–Crippen MR) is 81.0 cm³/mol. The van der Waals surface area contributed by atoms with Gasteiger partial charge >= 0.3 is 0 Å². The molecule has 0 saturated carbocycles. The van der Waals surface area contributed by atoms with E-state index in [1.54, 1.807) is 11.3 Å². The van der Waals surface area contributed by atoms with Crippen LogP contribution in [0.4, 0.5) is 5.13 Å². The van der Waals surface area contributed by atoms with E-state index in [4.69, 9.17) is 0 Å². The molecule has 0 aromatic carbocycles. The number of hydrogen-bond donors (Lipinski definition) is 1. The molecule has 2 saturated heterocycles. The summed E-state index contributed by atoms with van der Waals surface area (Å²) < 4.78 is 0. The third kappa shape index (κ3) is 3.68. The molecule has 3 heterocycles. The fourth-order valence-electron chi connectivity index (χ4n) is 3.15. The van der Waals surface area contributed by atoms with Crippen LogP contribution in [0.15, 0.2) is 11.6 Å². The van der Waals surface area contributed by atoms with Crippen LogP contribution in [0.25, 0.3) is 0 Å². The molecule has 1 aromatic rings. The van der Waals surface area contributed by atoms with Crippen molar-refractivity contribution >= 4 is 16.5 Å². The monoisotopic (exact) mass is 280 g/mol. The smallest absolute Gasteiger partial charge is 0.185 e. The molecule has 106 valence electrons. The summed E-state index contributed by atoms with van der Waals surface area (Å²) in [5, 5.41) is 6.73. The minimum atomic E-state index is 0.910. The van der Waals surface area contributed by atoms with Gasteiger partial charge in [-0.15, -0.1) is 11.3 Å². The zero-order chi connectivity index (χ0) is 12.9. The largest absolute Gasteiger partial charge is 0.347 e. The van der Waals surface area contributed by atoms with Crippen molar-refractivity contribution in [1.29, 1.82) is 0 Å². The van der Waals surface area contributed by atoms with Crippen molar-refractivity contribution in [1.82, 2.24) is 15.2 Å². The summed E-state index contributed by atoms with van der Waals surface area (Å²) in [5.41, 5.74) is 0. The lowest BCUT2D eigenvalue weighted by Crippen LogP contribution is -2.38. The second-order valence-electron chi connectivity index (χ2n) is 5.65. The van der Waals surface area contributed by atoms with Crippen LogP contribution in [0.3, 0.4) is 0 Å². The van der Waals surface area contributed by atoms with Gasteiger partial charge in [0, 0.05) is 37.8 Å². The Morgan fingerprint density at radius 2 is 2.11 bits per heavy atom. The maximum Gasteiger partial charge on any atom is 0.185 e. The van der Waals surface area contributed by atoms with Gasteiger partial charge in [0.2, 0.25) is 0 Å². The molecule has 0 bridgehead atoms. The Balaban J connectivity index is 1.49. The molecule has 4 nitrogen and oxygen atoms in total. The van der Waals surface area contributed by atoms with Crippen LogP contribution in [-0.4, -0.2) is 55.7 Å². The standard InChI is InChI=1S/C14H24N4S/c1-7-17(12-13-2-4-15-5-3-13)9-10-18(8-1)14-16-6-11-19-14/h6,11,13,15H,1-5,7-10,12H2. The topological polar surface area (TPSA) is 31.4 Å². The summed E-state index contributed by atoms with van der Waals surface area (Å²) in [6.45, 7) is 8.48. The van der Waals surface area contributed by atoms with Gasteiger partial charge in [-0.05, 0) is 44.8 Å². The minimum absolute atomic E-state index is 0.910. The van der Waals surface area contributed by atoms with Crippen molar-refractivity contribution in [2.45, 2.75) is 19.3 Å². The lowest BCUT2D eigenvalue weighted by Gasteiger charge is -2.29. The third-order valence-corrected chi connectivity index (χ3v) is 5.09. The zero-order valence-electron chi connectivity index (χ0n) is 11.6. The molecule has 2 aliphatic rings. The molecule has 5 heteroatoms. The quantitative estimate of drug-likeness (QED) is 0.912. The van der Waals surface area contributed by atoms with Gasteiger partial charge in [0.15, 0.2) is 5.13 Å². The molecule has 0 aliphatic carbocycles. The van der Waals surface area contributed by atoms with E-state index in [0.717, 1.165) is 19.0 Å². The molecule has 0 amide bonds. The average Bonchev–Trinajstić information content (AvgIpc) is 2.88. The number of aromatic nitrogens is 1. The van der Waals surface area contributed by atoms with E-state index in [1.807, 2.05) is 6.20 Å². The van der Waals surface area contributed by atoms with Gasteiger partial charge in [-0.2, -0.15) is 0 Å². The molecule has 19 heavy (non-hydrogen) atoms. The van der Waals surface area contributed by atoms with Gasteiger partial charge in [-0.1, -0.05) is 0 Å². The van der Waals surface area contributed by atoms with Crippen LogP contribution >= 0.6 is 11.3 Å². The maximum atomic E-state index is 4.44. The maximum absolute atomic E-state index is 4.44. The molecule has 0 radical (unpaired) electrons. The fraction of sp³-hybridized carbons (Fsp3) is 0.786. The van der Waals surface area contributed by atoms with Crippen molar-refractivity contribution < 1.29 is 0 Å². The van der Waals surface area contributed by atoms with Gasteiger partial charge in [0.25, 0.3) is 0 Å². The highest BCUT2D eigenvalue weighted by Crippen LogP contribution is 2.20. The Morgan fingerprint density at radius 3 is 2.89 bits per heavy atom. The molecule has 1 N–H and O–H groups in total. The SMILES string of the molecule is c1csc(N2CCCN(CC3CCNCC3)CC2)n1. The van der Waals surface area contributed by atoms with E-state index in [0.29, 0.717) is 0 Å². The van der Waals surface area contributed by atoms with Crippen LogP contribution in [0.5, 0.6) is 0 Å². The Labute approximate surface area is 119 Å². The summed E-state index contributed by atoms with van der Waals surface area (Å²) in [6, 6.07) is 0. The van der Waals surface area contributed by atoms with E-state index >= 15 is 0 Å². The van der Waals surface area contributed by atoms with Gasteiger partial charge in [0.1, 0.15) is 0 Å². The van der Waals surface area contributed by atoms with Gasteiger partial charge in [-0.3, -0.25) is 0 Å². The van der Waals surface area contributed by atoms with Crippen LogP contribution < -0.4 is 10.2 Å². The minimum Gasteiger partial charge on any atom is -0.347 e. The summed E-state index contributed by atoms with van der Waals surface area (Å²) >= 11 is 1.76. The number of thiazole rings is 1. The van der Waals surface area contributed by atoms with E-state index in [-0.39, 0.29) is 0 Å². The Kier molecular flexibility index (Phi) is 4.69. The van der Waals surface area contributed by atoms with Crippen LogP contribution in [0.1, 0.15) is 19.3 Å². The Morgan fingerprint density at radius 1 is 1.21 bits per heavy atom. The summed E-state index contributed by atoms with van der Waals surface area (Å²) in [6.07, 6.45) is 5.89. The summed E-state index contributed by atoms with van der Waals surface area (Å²) in [7, 11) is 0. The number of hydrogen-bond acceptors (Lipinski definition) is 5. The molecule has 1 aromatic heterocycles. The zero-order valence-corrected chi connectivity index (χ0v) is 12.4. The van der Waals surface area contributed by atoms with Crippen molar-refractivity contribution in [2.75, 3.05) is 50.7 Å². The van der Waals surface area contributed by atoms with E-state index in [1.165, 1.54) is 57.1 Å².